The van der Waals surface area contributed by atoms with Gasteiger partial charge in [0.25, 0.3) is 0 Å². The van der Waals surface area contributed by atoms with Crippen LogP contribution in [-0.2, 0) is 0 Å². The zero-order valence-electron chi connectivity index (χ0n) is 14.4. The monoisotopic (exact) mass is 337 g/mol. The highest BCUT2D eigenvalue weighted by Gasteiger charge is 2.42. The Hall–Kier alpha value is -2.40. The number of nitrogens with zero attached hydrogens (tertiary/aromatic N) is 2. The first-order valence-corrected chi connectivity index (χ1v) is 8.91. The number of rotatable bonds is 2. The van der Waals surface area contributed by atoms with Gasteiger partial charge in [0.2, 0.25) is 0 Å². The molecule has 2 atom stereocenters. The van der Waals surface area contributed by atoms with Crippen molar-refractivity contribution in [1.29, 1.82) is 0 Å². The van der Waals surface area contributed by atoms with E-state index in [1.807, 2.05) is 54.4 Å². The van der Waals surface area contributed by atoms with Gasteiger partial charge in [-0.15, -0.1) is 0 Å². The minimum atomic E-state index is -0.272. The number of carbonyl (C=O) groups is 1. The van der Waals surface area contributed by atoms with Crippen LogP contribution in [0.2, 0.25) is 0 Å². The van der Waals surface area contributed by atoms with Gasteiger partial charge in [-0.3, -0.25) is 4.98 Å². The van der Waals surface area contributed by atoms with E-state index in [1.165, 1.54) is 0 Å². The molecule has 0 aliphatic carbocycles. The van der Waals surface area contributed by atoms with Crippen LogP contribution in [0.15, 0.2) is 42.6 Å². The van der Waals surface area contributed by atoms with Gasteiger partial charge in [-0.05, 0) is 44.2 Å². The maximum absolute atomic E-state index is 12.8. The third kappa shape index (κ3) is 3.12. The average molecular weight is 337 g/mol. The molecule has 5 nitrogen and oxygen atoms in total. The molecule has 3 heterocycles. The van der Waals surface area contributed by atoms with E-state index in [-0.39, 0.29) is 24.2 Å². The van der Waals surface area contributed by atoms with E-state index in [9.17, 15) is 9.90 Å². The van der Waals surface area contributed by atoms with Crippen molar-refractivity contribution in [3.8, 4) is 11.1 Å². The number of benzene rings is 1. The average Bonchev–Trinajstić information content (AvgIpc) is 2.89. The van der Waals surface area contributed by atoms with E-state index in [1.54, 1.807) is 0 Å². The van der Waals surface area contributed by atoms with Gasteiger partial charge in [-0.25, -0.2) is 4.79 Å². The quantitative estimate of drug-likeness (QED) is 0.880. The summed E-state index contributed by atoms with van der Waals surface area (Å²) in [4.78, 5) is 19.2. The number of amides is 2. The summed E-state index contributed by atoms with van der Waals surface area (Å²) in [6, 6.07) is 12.2. The standard InChI is InChI=1S/C20H23N3O2/c1-13-19(9-15(12-21-13)14-5-3-2-4-6-14)22-20(25)23-16-7-8-17(23)11-18(24)10-16/h2-6,9,12,16-18,24H,7-8,10-11H2,1H3,(H,22,25)/t16-,17-/m0/s1. The Kier molecular flexibility index (Phi) is 4.17. The van der Waals surface area contributed by atoms with E-state index in [0.717, 1.165) is 35.3 Å². The summed E-state index contributed by atoms with van der Waals surface area (Å²) in [5.74, 6) is 0. The number of hydrogen-bond donors (Lipinski definition) is 2. The van der Waals surface area contributed by atoms with Crippen LogP contribution in [0.25, 0.3) is 11.1 Å². The van der Waals surface area contributed by atoms with E-state index in [4.69, 9.17) is 0 Å². The molecule has 2 saturated heterocycles. The molecule has 0 spiro atoms. The van der Waals surface area contributed by atoms with Crippen molar-refractivity contribution < 1.29 is 9.90 Å². The lowest BCUT2D eigenvalue weighted by molar-refractivity contribution is 0.0580. The lowest BCUT2D eigenvalue weighted by atomic mass is 10.0. The Morgan fingerprint density at radius 2 is 1.84 bits per heavy atom. The summed E-state index contributed by atoms with van der Waals surface area (Å²) in [7, 11) is 0. The van der Waals surface area contributed by atoms with Gasteiger partial charge in [-0.1, -0.05) is 30.3 Å². The maximum atomic E-state index is 12.8. The highest BCUT2D eigenvalue weighted by molar-refractivity contribution is 5.91. The molecule has 5 heteroatoms. The summed E-state index contributed by atoms with van der Waals surface area (Å²) in [5.41, 5.74) is 3.61. The second kappa shape index (κ2) is 6.48. The van der Waals surface area contributed by atoms with Gasteiger partial charge < -0.3 is 15.3 Å². The number of urea groups is 1. The zero-order chi connectivity index (χ0) is 17.4. The number of aliphatic hydroxyl groups excluding tert-OH is 1. The Labute approximate surface area is 147 Å². The fourth-order valence-corrected chi connectivity index (χ4v) is 4.11. The van der Waals surface area contributed by atoms with E-state index >= 15 is 0 Å². The molecular weight excluding hydrogens is 314 g/mol. The number of hydrogen-bond acceptors (Lipinski definition) is 3. The van der Waals surface area contributed by atoms with Crippen LogP contribution in [0.1, 0.15) is 31.4 Å². The number of aryl methyl sites for hydroxylation is 1. The second-order valence-electron chi connectivity index (χ2n) is 7.07. The molecule has 2 aliphatic rings. The van der Waals surface area contributed by atoms with Gasteiger partial charge in [0.05, 0.1) is 17.5 Å². The lowest BCUT2D eigenvalue weighted by Gasteiger charge is -2.37. The molecule has 2 amide bonds. The van der Waals surface area contributed by atoms with Crippen LogP contribution in [0.4, 0.5) is 10.5 Å². The molecule has 2 aliphatic heterocycles. The van der Waals surface area contributed by atoms with Crippen LogP contribution in [-0.4, -0.2) is 39.2 Å². The molecule has 0 unspecified atom stereocenters. The summed E-state index contributed by atoms with van der Waals surface area (Å²) >= 11 is 0. The summed E-state index contributed by atoms with van der Waals surface area (Å²) in [5, 5.41) is 13.0. The zero-order valence-corrected chi connectivity index (χ0v) is 14.4. The van der Waals surface area contributed by atoms with Crippen LogP contribution in [0, 0.1) is 6.92 Å². The van der Waals surface area contributed by atoms with Gasteiger partial charge in [-0.2, -0.15) is 0 Å². The predicted molar refractivity (Wildman–Crippen MR) is 97.3 cm³/mol. The van der Waals surface area contributed by atoms with Crippen molar-refractivity contribution in [2.75, 3.05) is 5.32 Å². The number of piperidine rings is 1. The highest BCUT2D eigenvalue weighted by Crippen LogP contribution is 2.36. The smallest absolute Gasteiger partial charge is 0.322 e. The highest BCUT2D eigenvalue weighted by atomic mass is 16.3. The normalized spacial score (nSPS) is 25.0. The number of aromatic nitrogens is 1. The van der Waals surface area contributed by atoms with E-state index in [0.29, 0.717) is 12.8 Å². The molecule has 130 valence electrons. The summed E-state index contributed by atoms with van der Waals surface area (Å²) in [6.07, 6.45) is 4.90. The molecule has 1 aromatic heterocycles. The summed E-state index contributed by atoms with van der Waals surface area (Å²) < 4.78 is 0. The third-order valence-corrected chi connectivity index (χ3v) is 5.38. The molecule has 2 aromatic rings. The van der Waals surface area contributed by atoms with Crippen molar-refractivity contribution in [1.82, 2.24) is 9.88 Å². The predicted octanol–water partition coefficient (Wildman–Crippen LogP) is 3.58. The number of aliphatic hydroxyl groups is 1. The van der Waals surface area contributed by atoms with E-state index in [2.05, 4.69) is 10.3 Å². The molecule has 0 saturated carbocycles. The van der Waals surface area contributed by atoms with Crippen LogP contribution in [0.3, 0.4) is 0 Å². The molecular formula is C20H23N3O2. The number of carbonyl (C=O) groups excluding carboxylic acids is 1. The molecule has 1 aromatic carbocycles. The molecule has 0 radical (unpaired) electrons. The second-order valence-corrected chi connectivity index (χ2v) is 7.07. The minimum Gasteiger partial charge on any atom is -0.393 e. The molecule has 2 bridgehead atoms. The first-order valence-electron chi connectivity index (χ1n) is 8.91. The Bertz CT molecular complexity index is 764. The van der Waals surface area contributed by atoms with Crippen molar-refractivity contribution in [2.45, 2.75) is 50.8 Å². The van der Waals surface area contributed by atoms with Crippen LogP contribution >= 0.6 is 0 Å². The Balaban J connectivity index is 1.56. The Morgan fingerprint density at radius 3 is 2.52 bits per heavy atom. The first kappa shape index (κ1) is 16.1. The number of nitrogens with one attached hydrogen (secondary N) is 1. The van der Waals surface area contributed by atoms with Crippen molar-refractivity contribution in [3.05, 3.63) is 48.3 Å². The maximum Gasteiger partial charge on any atom is 0.322 e. The fourth-order valence-electron chi connectivity index (χ4n) is 4.11. The van der Waals surface area contributed by atoms with Crippen LogP contribution < -0.4 is 5.32 Å². The van der Waals surface area contributed by atoms with Crippen LogP contribution in [0.5, 0.6) is 0 Å². The number of pyridine rings is 1. The van der Waals surface area contributed by atoms with E-state index < -0.39 is 0 Å². The molecule has 2 fully saturated rings. The van der Waals surface area contributed by atoms with Gasteiger partial charge in [0.15, 0.2) is 0 Å². The Morgan fingerprint density at radius 1 is 1.16 bits per heavy atom. The molecule has 25 heavy (non-hydrogen) atoms. The largest absolute Gasteiger partial charge is 0.393 e. The topological polar surface area (TPSA) is 65.5 Å². The number of anilines is 1. The molecule has 2 N–H and O–H groups in total. The molecule has 4 rings (SSSR count). The van der Waals surface area contributed by atoms with Gasteiger partial charge in [0.1, 0.15) is 0 Å². The summed E-state index contributed by atoms with van der Waals surface area (Å²) in [6.45, 7) is 1.90. The minimum absolute atomic E-state index is 0.0745. The fraction of sp³-hybridized carbons (Fsp3) is 0.400. The van der Waals surface area contributed by atoms with Crippen molar-refractivity contribution in [3.63, 3.8) is 0 Å². The van der Waals surface area contributed by atoms with Gasteiger partial charge >= 0.3 is 6.03 Å². The van der Waals surface area contributed by atoms with Crippen molar-refractivity contribution in [2.24, 2.45) is 0 Å². The number of fused-ring (bicyclic) bond motifs is 2. The van der Waals surface area contributed by atoms with Gasteiger partial charge in [0, 0.05) is 23.8 Å². The SMILES string of the molecule is Cc1ncc(-c2ccccc2)cc1NC(=O)N1[C@H]2CC[C@H]1CC(O)C2. The lowest BCUT2D eigenvalue weighted by Crippen LogP contribution is -2.49. The van der Waals surface area contributed by atoms with Crippen molar-refractivity contribution >= 4 is 11.7 Å². The first-order chi connectivity index (χ1) is 12.1. The third-order valence-electron chi connectivity index (χ3n) is 5.38.